The zero-order valence-electron chi connectivity index (χ0n) is 9.64. The lowest BCUT2D eigenvalue weighted by atomic mass is 10.0. The summed E-state index contributed by atoms with van der Waals surface area (Å²) in [6, 6.07) is 0. The topological polar surface area (TPSA) is 29.1 Å². The van der Waals surface area contributed by atoms with Gasteiger partial charge in [0.25, 0.3) is 0 Å². The van der Waals surface area contributed by atoms with Gasteiger partial charge in [0.2, 0.25) is 0 Å². The normalized spacial score (nSPS) is 26.9. The molecule has 0 aromatic rings. The minimum Gasteiger partial charge on any atom is -0.317 e. The monoisotopic (exact) mass is 217 g/mol. The Hall–Kier alpha value is 0.110. The van der Waals surface area contributed by atoms with E-state index in [1.165, 1.54) is 19.3 Å². The van der Waals surface area contributed by atoms with Crippen molar-refractivity contribution in [3.63, 3.8) is 0 Å². The fourth-order valence-electron chi connectivity index (χ4n) is 1.72. The number of hydrogen-bond donors (Lipinski definition) is 1. The van der Waals surface area contributed by atoms with Crippen LogP contribution >= 0.6 is 0 Å². The third kappa shape index (κ3) is 4.09. The van der Waals surface area contributed by atoms with Gasteiger partial charge in [-0.05, 0) is 59.0 Å². The molecule has 1 rings (SSSR count). The standard InChI is InChI=1S/C11H23NOS/c1-11(2,3)14(13)9-10-5-4-7-12-8-6-10/h10,12H,4-9H2,1-3H3/t10-,14+/m1/s1. The van der Waals surface area contributed by atoms with E-state index in [1.54, 1.807) is 0 Å². The Morgan fingerprint density at radius 1 is 1.29 bits per heavy atom. The van der Waals surface area contributed by atoms with Gasteiger partial charge in [-0.3, -0.25) is 4.21 Å². The first-order chi connectivity index (χ1) is 6.50. The van der Waals surface area contributed by atoms with Crippen molar-refractivity contribution in [2.24, 2.45) is 5.92 Å². The van der Waals surface area contributed by atoms with Crippen LogP contribution in [0.2, 0.25) is 0 Å². The third-order valence-corrected chi connectivity index (χ3v) is 4.91. The molecule has 0 unspecified atom stereocenters. The lowest BCUT2D eigenvalue weighted by Crippen LogP contribution is -2.27. The number of hydrogen-bond acceptors (Lipinski definition) is 2. The lowest BCUT2D eigenvalue weighted by molar-refractivity contribution is 0.516. The Kier molecular flexibility index (Phi) is 4.58. The first kappa shape index (κ1) is 12.2. The second kappa shape index (κ2) is 5.26. The molecule has 1 aliphatic heterocycles. The Bertz CT molecular complexity index is 190. The summed E-state index contributed by atoms with van der Waals surface area (Å²) in [5.41, 5.74) is 0. The van der Waals surface area contributed by atoms with Crippen LogP contribution in [0.5, 0.6) is 0 Å². The van der Waals surface area contributed by atoms with E-state index in [9.17, 15) is 4.21 Å². The summed E-state index contributed by atoms with van der Waals surface area (Å²) in [4.78, 5) is 0. The van der Waals surface area contributed by atoms with Gasteiger partial charge < -0.3 is 5.32 Å². The van der Waals surface area contributed by atoms with Crippen LogP contribution in [0.1, 0.15) is 40.0 Å². The molecule has 84 valence electrons. The fourth-order valence-corrected chi connectivity index (χ4v) is 2.98. The number of rotatable bonds is 2. The van der Waals surface area contributed by atoms with Gasteiger partial charge in [0, 0.05) is 21.3 Å². The second-order valence-electron chi connectivity index (χ2n) is 5.17. The van der Waals surface area contributed by atoms with E-state index in [4.69, 9.17) is 0 Å². The average Bonchev–Trinajstić information content (AvgIpc) is 2.31. The van der Waals surface area contributed by atoms with Crippen molar-refractivity contribution in [2.75, 3.05) is 18.8 Å². The first-order valence-corrected chi connectivity index (χ1v) is 6.91. The molecule has 2 nitrogen and oxygen atoms in total. The van der Waals surface area contributed by atoms with E-state index in [-0.39, 0.29) is 4.75 Å². The predicted molar refractivity (Wildman–Crippen MR) is 63.0 cm³/mol. The van der Waals surface area contributed by atoms with Gasteiger partial charge in [0.1, 0.15) is 0 Å². The highest BCUT2D eigenvalue weighted by Crippen LogP contribution is 2.20. The SMILES string of the molecule is CC(C)(C)[S@@](=O)C[C@@H]1CCCNCC1. The van der Waals surface area contributed by atoms with Crippen molar-refractivity contribution in [1.29, 1.82) is 0 Å². The molecule has 0 aromatic heterocycles. The van der Waals surface area contributed by atoms with Gasteiger partial charge in [-0.15, -0.1) is 0 Å². The molecule has 0 bridgehead atoms. The molecule has 3 heteroatoms. The molecule has 0 radical (unpaired) electrons. The van der Waals surface area contributed by atoms with Crippen molar-refractivity contribution in [3.05, 3.63) is 0 Å². The minimum atomic E-state index is -0.670. The zero-order chi connectivity index (χ0) is 10.6. The Labute approximate surface area is 90.3 Å². The average molecular weight is 217 g/mol. The van der Waals surface area contributed by atoms with Crippen LogP contribution in [0.4, 0.5) is 0 Å². The molecule has 1 N–H and O–H groups in total. The van der Waals surface area contributed by atoms with E-state index in [0.717, 1.165) is 18.8 Å². The molecule has 0 aliphatic carbocycles. The maximum Gasteiger partial charge on any atom is 0.0375 e. The summed E-state index contributed by atoms with van der Waals surface area (Å²) in [6.45, 7) is 8.44. The van der Waals surface area contributed by atoms with Gasteiger partial charge >= 0.3 is 0 Å². The van der Waals surface area contributed by atoms with Crippen molar-refractivity contribution < 1.29 is 4.21 Å². The molecule has 1 saturated heterocycles. The summed E-state index contributed by atoms with van der Waals surface area (Å²) in [5, 5.41) is 3.39. The predicted octanol–water partition coefficient (Wildman–Crippen LogP) is 1.92. The quantitative estimate of drug-likeness (QED) is 0.766. The van der Waals surface area contributed by atoms with Crippen molar-refractivity contribution >= 4 is 10.8 Å². The summed E-state index contributed by atoms with van der Waals surface area (Å²) < 4.78 is 11.9. The van der Waals surface area contributed by atoms with Crippen LogP contribution in [0.25, 0.3) is 0 Å². The van der Waals surface area contributed by atoms with Gasteiger partial charge in [-0.25, -0.2) is 0 Å². The highest BCUT2D eigenvalue weighted by atomic mass is 32.2. The fraction of sp³-hybridized carbons (Fsp3) is 1.00. The van der Waals surface area contributed by atoms with Gasteiger partial charge in [-0.1, -0.05) is 0 Å². The van der Waals surface area contributed by atoms with Crippen LogP contribution in [0, 0.1) is 5.92 Å². The zero-order valence-corrected chi connectivity index (χ0v) is 10.5. The Morgan fingerprint density at radius 2 is 2.00 bits per heavy atom. The maximum absolute atomic E-state index is 11.9. The van der Waals surface area contributed by atoms with E-state index < -0.39 is 10.8 Å². The van der Waals surface area contributed by atoms with Crippen molar-refractivity contribution in [1.82, 2.24) is 5.32 Å². The van der Waals surface area contributed by atoms with Gasteiger partial charge in [0.05, 0.1) is 0 Å². The molecule has 0 aromatic carbocycles. The molecule has 14 heavy (non-hydrogen) atoms. The summed E-state index contributed by atoms with van der Waals surface area (Å²) in [6.07, 6.45) is 3.68. The molecule has 0 spiro atoms. The summed E-state index contributed by atoms with van der Waals surface area (Å²) >= 11 is 0. The van der Waals surface area contributed by atoms with Gasteiger partial charge in [-0.2, -0.15) is 0 Å². The van der Waals surface area contributed by atoms with E-state index in [2.05, 4.69) is 26.1 Å². The van der Waals surface area contributed by atoms with Crippen molar-refractivity contribution in [2.45, 2.75) is 44.8 Å². The van der Waals surface area contributed by atoms with E-state index in [1.807, 2.05) is 0 Å². The Morgan fingerprint density at radius 3 is 2.64 bits per heavy atom. The van der Waals surface area contributed by atoms with E-state index in [0.29, 0.717) is 5.92 Å². The number of nitrogens with one attached hydrogen (secondary N) is 1. The molecule has 1 heterocycles. The summed E-state index contributed by atoms with van der Waals surface area (Å²) in [5.74, 6) is 1.57. The molecular weight excluding hydrogens is 194 g/mol. The summed E-state index contributed by atoms with van der Waals surface area (Å²) in [7, 11) is -0.670. The highest BCUT2D eigenvalue weighted by Gasteiger charge is 2.23. The Balaban J connectivity index is 2.38. The third-order valence-electron chi connectivity index (χ3n) is 2.77. The van der Waals surface area contributed by atoms with Gasteiger partial charge in [0.15, 0.2) is 0 Å². The van der Waals surface area contributed by atoms with Crippen molar-refractivity contribution in [3.8, 4) is 0 Å². The molecular formula is C11H23NOS. The maximum atomic E-state index is 11.9. The highest BCUT2D eigenvalue weighted by molar-refractivity contribution is 7.86. The van der Waals surface area contributed by atoms with Crippen LogP contribution in [0.15, 0.2) is 0 Å². The second-order valence-corrected chi connectivity index (χ2v) is 7.42. The molecule has 0 amide bonds. The minimum absolute atomic E-state index is 0.0419. The smallest absolute Gasteiger partial charge is 0.0375 e. The molecule has 1 fully saturated rings. The van der Waals surface area contributed by atoms with Crippen LogP contribution in [-0.4, -0.2) is 27.8 Å². The largest absolute Gasteiger partial charge is 0.317 e. The molecule has 1 aliphatic rings. The van der Waals surface area contributed by atoms with Crippen LogP contribution in [-0.2, 0) is 10.8 Å². The molecule has 0 saturated carbocycles. The van der Waals surface area contributed by atoms with Crippen LogP contribution < -0.4 is 5.32 Å². The van der Waals surface area contributed by atoms with Crippen LogP contribution in [0.3, 0.4) is 0 Å². The molecule has 2 atom stereocenters. The van der Waals surface area contributed by atoms with E-state index >= 15 is 0 Å². The first-order valence-electron chi connectivity index (χ1n) is 5.59. The lowest BCUT2D eigenvalue weighted by Gasteiger charge is -2.21.